The lowest BCUT2D eigenvalue weighted by Gasteiger charge is -2.38. The zero-order valence-corrected chi connectivity index (χ0v) is 14.2. The number of fused-ring (bicyclic) bond motifs is 2. The Balaban J connectivity index is 1.70. The van der Waals surface area contributed by atoms with Crippen molar-refractivity contribution in [1.29, 1.82) is 0 Å². The van der Waals surface area contributed by atoms with Gasteiger partial charge >= 0.3 is 0 Å². The molecule has 112 valence electrons. The molecule has 2 bridgehead atoms. The van der Waals surface area contributed by atoms with Gasteiger partial charge in [-0.05, 0) is 67.5 Å². The van der Waals surface area contributed by atoms with Crippen molar-refractivity contribution in [3.8, 4) is 0 Å². The summed E-state index contributed by atoms with van der Waals surface area (Å²) in [7, 11) is 0. The molecule has 2 saturated carbocycles. The average Bonchev–Trinajstić information content (AvgIpc) is 3.05. The lowest BCUT2D eigenvalue weighted by Crippen LogP contribution is -2.41. The summed E-state index contributed by atoms with van der Waals surface area (Å²) in [6, 6.07) is 4.30. The first-order chi connectivity index (χ1) is 9.57. The van der Waals surface area contributed by atoms with E-state index in [0.717, 1.165) is 28.6 Å². The quantitative estimate of drug-likeness (QED) is 0.780. The van der Waals surface area contributed by atoms with Crippen molar-refractivity contribution in [1.82, 2.24) is 5.32 Å². The molecule has 2 aliphatic carbocycles. The molecule has 2 fully saturated rings. The second-order valence-corrected chi connectivity index (χ2v) is 9.15. The molecule has 20 heavy (non-hydrogen) atoms. The number of rotatable bonds is 6. The van der Waals surface area contributed by atoms with Gasteiger partial charge in [0.25, 0.3) is 0 Å². The first-order valence-corrected chi connectivity index (χ1v) is 9.22. The second kappa shape index (κ2) is 5.98. The molecule has 1 nitrogen and oxygen atoms in total. The minimum Gasteiger partial charge on any atom is -0.316 e. The smallest absolute Gasteiger partial charge is 0.0931 e. The maximum atomic E-state index is 6.12. The van der Waals surface area contributed by atoms with Crippen molar-refractivity contribution >= 4 is 22.9 Å². The summed E-state index contributed by atoms with van der Waals surface area (Å²) in [6.07, 6.45) is 7.06. The van der Waals surface area contributed by atoms with Crippen LogP contribution in [0.25, 0.3) is 0 Å². The summed E-state index contributed by atoms with van der Waals surface area (Å²) in [5.74, 6) is 2.67. The highest BCUT2D eigenvalue weighted by molar-refractivity contribution is 7.16. The highest BCUT2D eigenvalue weighted by Gasteiger charge is 2.50. The van der Waals surface area contributed by atoms with Crippen LogP contribution in [0.2, 0.25) is 4.34 Å². The van der Waals surface area contributed by atoms with Gasteiger partial charge in [0.2, 0.25) is 0 Å². The van der Waals surface area contributed by atoms with Gasteiger partial charge in [-0.15, -0.1) is 11.3 Å². The van der Waals surface area contributed by atoms with Crippen LogP contribution < -0.4 is 5.32 Å². The number of hydrogen-bond donors (Lipinski definition) is 1. The number of thiophene rings is 1. The largest absolute Gasteiger partial charge is 0.316 e. The molecule has 2 aliphatic rings. The predicted molar refractivity (Wildman–Crippen MR) is 88.6 cm³/mol. The van der Waals surface area contributed by atoms with Gasteiger partial charge in [-0.1, -0.05) is 31.9 Å². The molecular formula is C17H26ClNS. The van der Waals surface area contributed by atoms with Crippen LogP contribution in [0.4, 0.5) is 0 Å². The number of hydrogen-bond acceptors (Lipinski definition) is 2. The Hall–Kier alpha value is -0.0500. The van der Waals surface area contributed by atoms with Crippen molar-refractivity contribution in [3.05, 3.63) is 21.3 Å². The highest BCUT2D eigenvalue weighted by atomic mass is 35.5. The summed E-state index contributed by atoms with van der Waals surface area (Å²) in [4.78, 5) is 1.48. The third-order valence-corrected chi connectivity index (χ3v) is 6.52. The fourth-order valence-electron chi connectivity index (χ4n) is 4.46. The Labute approximate surface area is 132 Å². The minimum atomic E-state index is 0.506. The molecule has 0 aromatic carbocycles. The van der Waals surface area contributed by atoms with E-state index in [1.165, 1.54) is 43.5 Å². The van der Waals surface area contributed by atoms with Gasteiger partial charge in [0, 0.05) is 11.4 Å². The van der Waals surface area contributed by atoms with Gasteiger partial charge in [-0.2, -0.15) is 0 Å². The standard InChI is InChI=1S/C17H26ClNS/c1-12(2)10-19-11-17(8-13-3-4-14(17)7-13)9-15-5-6-16(18)20-15/h5-6,12-14,19H,3-4,7-11H2,1-2H3. The van der Waals surface area contributed by atoms with Gasteiger partial charge in [-0.3, -0.25) is 0 Å². The Morgan fingerprint density at radius 2 is 2.25 bits per heavy atom. The van der Waals surface area contributed by atoms with E-state index in [1.54, 1.807) is 11.3 Å². The van der Waals surface area contributed by atoms with Gasteiger partial charge < -0.3 is 5.32 Å². The third-order valence-electron chi connectivity index (χ3n) is 5.29. The zero-order chi connectivity index (χ0) is 14.2. The molecular weight excluding hydrogens is 286 g/mol. The van der Waals surface area contributed by atoms with Gasteiger partial charge in [0.1, 0.15) is 0 Å². The van der Waals surface area contributed by atoms with E-state index in [1.807, 2.05) is 0 Å². The Morgan fingerprint density at radius 3 is 2.80 bits per heavy atom. The molecule has 3 heteroatoms. The average molecular weight is 312 g/mol. The molecule has 1 aromatic heterocycles. The zero-order valence-electron chi connectivity index (χ0n) is 12.6. The van der Waals surface area contributed by atoms with Crippen LogP contribution in [0.3, 0.4) is 0 Å². The van der Waals surface area contributed by atoms with Crippen LogP contribution in [0.5, 0.6) is 0 Å². The first-order valence-electron chi connectivity index (χ1n) is 8.02. The fraction of sp³-hybridized carbons (Fsp3) is 0.765. The van der Waals surface area contributed by atoms with E-state index in [4.69, 9.17) is 11.6 Å². The first kappa shape index (κ1) is 14.9. The Bertz CT molecular complexity index is 456. The summed E-state index contributed by atoms with van der Waals surface area (Å²) >= 11 is 7.90. The third kappa shape index (κ3) is 3.08. The van der Waals surface area contributed by atoms with Crippen molar-refractivity contribution in [2.24, 2.45) is 23.2 Å². The van der Waals surface area contributed by atoms with Gasteiger partial charge in [-0.25, -0.2) is 0 Å². The lowest BCUT2D eigenvalue weighted by atomic mass is 9.70. The van der Waals surface area contributed by atoms with Crippen LogP contribution in [-0.4, -0.2) is 13.1 Å². The van der Waals surface area contributed by atoms with Crippen LogP contribution in [0.1, 0.15) is 44.4 Å². The SMILES string of the molecule is CC(C)CNCC1(Cc2ccc(Cl)s2)CC2CCC1C2. The topological polar surface area (TPSA) is 12.0 Å². The minimum absolute atomic E-state index is 0.506. The van der Waals surface area contributed by atoms with Crippen LogP contribution in [0.15, 0.2) is 12.1 Å². The molecule has 3 rings (SSSR count). The Morgan fingerprint density at radius 1 is 1.40 bits per heavy atom. The van der Waals surface area contributed by atoms with Crippen molar-refractivity contribution in [2.45, 2.75) is 46.0 Å². The van der Waals surface area contributed by atoms with E-state index in [-0.39, 0.29) is 0 Å². The molecule has 1 N–H and O–H groups in total. The number of halogens is 1. The van der Waals surface area contributed by atoms with Crippen molar-refractivity contribution in [3.63, 3.8) is 0 Å². The predicted octanol–water partition coefficient (Wildman–Crippen LogP) is 5.00. The van der Waals surface area contributed by atoms with E-state index in [0.29, 0.717) is 5.41 Å². The van der Waals surface area contributed by atoms with E-state index in [2.05, 4.69) is 31.3 Å². The summed E-state index contributed by atoms with van der Waals surface area (Å²) in [5, 5.41) is 3.75. The molecule has 0 aliphatic heterocycles. The van der Waals surface area contributed by atoms with Crippen molar-refractivity contribution in [2.75, 3.05) is 13.1 Å². The second-order valence-electron chi connectivity index (χ2n) is 7.35. The maximum Gasteiger partial charge on any atom is 0.0931 e. The molecule has 1 aromatic rings. The molecule has 0 radical (unpaired) electrons. The summed E-state index contributed by atoms with van der Waals surface area (Å²) in [6.45, 7) is 6.92. The molecule has 1 heterocycles. The molecule has 3 atom stereocenters. The van der Waals surface area contributed by atoms with Gasteiger partial charge in [0.15, 0.2) is 0 Å². The molecule has 3 unspecified atom stereocenters. The Kier molecular flexibility index (Phi) is 4.45. The van der Waals surface area contributed by atoms with Crippen LogP contribution >= 0.6 is 22.9 Å². The van der Waals surface area contributed by atoms with E-state index in [9.17, 15) is 0 Å². The lowest BCUT2D eigenvalue weighted by molar-refractivity contribution is 0.156. The normalized spacial score (nSPS) is 32.4. The summed E-state index contributed by atoms with van der Waals surface area (Å²) in [5.41, 5.74) is 0.506. The van der Waals surface area contributed by atoms with Crippen molar-refractivity contribution < 1.29 is 0 Å². The molecule has 0 spiro atoms. The van der Waals surface area contributed by atoms with E-state index >= 15 is 0 Å². The maximum absolute atomic E-state index is 6.12. The fourth-order valence-corrected chi connectivity index (χ4v) is 5.70. The highest BCUT2D eigenvalue weighted by Crippen LogP contribution is 2.57. The molecule has 0 saturated heterocycles. The molecule has 0 amide bonds. The summed E-state index contributed by atoms with van der Waals surface area (Å²) < 4.78 is 0.938. The van der Waals surface area contributed by atoms with Crippen LogP contribution in [0, 0.1) is 23.2 Å². The van der Waals surface area contributed by atoms with Gasteiger partial charge in [0.05, 0.1) is 4.34 Å². The van der Waals surface area contributed by atoms with Crippen LogP contribution in [-0.2, 0) is 6.42 Å². The monoisotopic (exact) mass is 311 g/mol. The van der Waals surface area contributed by atoms with E-state index < -0.39 is 0 Å². The number of nitrogens with one attached hydrogen (secondary N) is 1.